The Labute approximate surface area is 211 Å². The summed E-state index contributed by atoms with van der Waals surface area (Å²) in [7, 11) is 1.55. The average Bonchev–Trinajstić information content (AvgIpc) is 3.36. The highest BCUT2D eigenvalue weighted by atomic mass is 32.1. The van der Waals surface area contributed by atoms with Crippen molar-refractivity contribution < 1.29 is 14.3 Å². The summed E-state index contributed by atoms with van der Waals surface area (Å²) in [6, 6.07) is 19.5. The van der Waals surface area contributed by atoms with Gasteiger partial charge in [-0.2, -0.15) is 0 Å². The number of amides is 1. The number of nitrogens with one attached hydrogen (secondary N) is 1. The molecule has 0 aliphatic carbocycles. The smallest absolute Gasteiger partial charge is 0.255 e. The lowest BCUT2D eigenvalue weighted by atomic mass is 10.1. The van der Waals surface area contributed by atoms with E-state index in [4.69, 9.17) is 25.2 Å². The molecule has 9 heteroatoms. The van der Waals surface area contributed by atoms with Crippen LogP contribution >= 0.6 is 11.3 Å². The van der Waals surface area contributed by atoms with E-state index >= 15 is 0 Å². The maximum Gasteiger partial charge on any atom is 0.255 e. The summed E-state index contributed by atoms with van der Waals surface area (Å²) in [5, 5.41) is 6.57. The van der Waals surface area contributed by atoms with Gasteiger partial charge >= 0.3 is 0 Å². The summed E-state index contributed by atoms with van der Waals surface area (Å²) in [4.78, 5) is 25.9. The highest BCUT2D eigenvalue weighted by Crippen LogP contribution is 2.38. The number of pyridine rings is 1. The van der Waals surface area contributed by atoms with Crippen LogP contribution in [0.3, 0.4) is 0 Å². The van der Waals surface area contributed by atoms with Gasteiger partial charge in [-0.3, -0.25) is 9.78 Å². The number of ether oxygens (including phenoxy) is 2. The van der Waals surface area contributed by atoms with E-state index in [9.17, 15) is 4.79 Å². The second-order valence-corrected chi connectivity index (χ2v) is 8.78. The predicted molar refractivity (Wildman–Crippen MR) is 141 cm³/mol. The largest absolute Gasteiger partial charge is 0.493 e. The van der Waals surface area contributed by atoms with Crippen LogP contribution in [0.25, 0.3) is 32.7 Å². The number of aromatic nitrogens is 3. The minimum Gasteiger partial charge on any atom is -0.493 e. The highest BCUT2D eigenvalue weighted by molar-refractivity contribution is 7.17. The summed E-state index contributed by atoms with van der Waals surface area (Å²) in [6.07, 6.45) is 3.48. The quantitative estimate of drug-likeness (QED) is 0.298. The molecular weight excluding hydrogens is 474 g/mol. The molecule has 0 aliphatic rings. The number of fused-ring (bicyclic) bond motifs is 1. The maximum atomic E-state index is 11.1. The van der Waals surface area contributed by atoms with Crippen LogP contribution < -0.4 is 20.5 Å². The first-order chi connectivity index (χ1) is 17.6. The molecule has 1 amide bonds. The molecule has 2 aromatic carbocycles. The Morgan fingerprint density at radius 2 is 1.86 bits per heavy atom. The third kappa shape index (κ3) is 4.96. The standard InChI is InChI=1S/C27H23N5O3S/c1-34-22-12-17(9-10-21(22)35-15-23(28)33)13-30-26-24-20(18-6-3-2-4-7-18)16-36-27(24)32-25(31-26)19-8-5-11-29-14-19/h2-12,14,16H,13,15H2,1H3,(H2,28,33)(H,30,31,32). The minimum atomic E-state index is -0.551. The number of methoxy groups -OCH3 is 1. The maximum absolute atomic E-state index is 11.1. The van der Waals surface area contributed by atoms with Gasteiger partial charge in [-0.15, -0.1) is 11.3 Å². The summed E-state index contributed by atoms with van der Waals surface area (Å²) in [5.41, 5.74) is 9.15. The third-order valence-electron chi connectivity index (χ3n) is 5.50. The summed E-state index contributed by atoms with van der Waals surface area (Å²) >= 11 is 1.58. The van der Waals surface area contributed by atoms with Gasteiger partial charge in [-0.1, -0.05) is 36.4 Å². The Bertz CT molecular complexity index is 1510. The summed E-state index contributed by atoms with van der Waals surface area (Å²) in [6.45, 7) is 0.263. The second kappa shape index (κ2) is 10.4. The van der Waals surface area contributed by atoms with Gasteiger partial charge in [0.05, 0.1) is 12.5 Å². The van der Waals surface area contributed by atoms with E-state index in [1.54, 1.807) is 36.9 Å². The van der Waals surface area contributed by atoms with Gasteiger partial charge in [-0.25, -0.2) is 9.97 Å². The van der Waals surface area contributed by atoms with Crippen molar-refractivity contribution in [2.45, 2.75) is 6.54 Å². The number of carbonyl (C=O) groups excluding carboxylic acids is 1. The molecule has 3 N–H and O–H groups in total. The van der Waals surface area contributed by atoms with E-state index in [1.165, 1.54) is 0 Å². The third-order valence-corrected chi connectivity index (χ3v) is 6.37. The topological polar surface area (TPSA) is 112 Å². The molecule has 0 radical (unpaired) electrons. The molecule has 0 saturated heterocycles. The van der Waals surface area contributed by atoms with Crippen LogP contribution in [0.1, 0.15) is 5.56 Å². The van der Waals surface area contributed by atoms with Gasteiger partial charge in [0.2, 0.25) is 0 Å². The van der Waals surface area contributed by atoms with Gasteiger partial charge in [0, 0.05) is 35.4 Å². The van der Waals surface area contributed by atoms with E-state index in [-0.39, 0.29) is 6.61 Å². The number of nitrogens with two attached hydrogens (primary N) is 1. The molecule has 3 aromatic heterocycles. The first-order valence-electron chi connectivity index (χ1n) is 11.2. The number of anilines is 1. The van der Waals surface area contributed by atoms with Crippen LogP contribution in [0.15, 0.2) is 78.4 Å². The molecule has 5 rings (SSSR count). The fourth-order valence-electron chi connectivity index (χ4n) is 3.80. The van der Waals surface area contributed by atoms with Crippen LogP contribution in [0, 0.1) is 0 Å². The molecule has 0 spiro atoms. The molecule has 0 bridgehead atoms. The molecule has 180 valence electrons. The molecule has 0 fully saturated rings. The monoisotopic (exact) mass is 497 g/mol. The van der Waals surface area contributed by atoms with Crippen LogP contribution in [-0.4, -0.2) is 34.6 Å². The molecule has 3 heterocycles. The van der Waals surface area contributed by atoms with Crippen molar-refractivity contribution in [3.05, 3.63) is 84.0 Å². The van der Waals surface area contributed by atoms with Gasteiger partial charge < -0.3 is 20.5 Å². The van der Waals surface area contributed by atoms with E-state index < -0.39 is 5.91 Å². The first-order valence-corrected chi connectivity index (χ1v) is 12.1. The molecule has 8 nitrogen and oxygen atoms in total. The van der Waals surface area contributed by atoms with Crippen molar-refractivity contribution in [1.29, 1.82) is 0 Å². The van der Waals surface area contributed by atoms with Crippen molar-refractivity contribution in [1.82, 2.24) is 15.0 Å². The fraction of sp³-hybridized carbons (Fsp3) is 0.111. The van der Waals surface area contributed by atoms with Gasteiger partial charge in [0.1, 0.15) is 10.6 Å². The summed E-state index contributed by atoms with van der Waals surface area (Å²) in [5.74, 6) is 1.75. The van der Waals surface area contributed by atoms with Gasteiger partial charge in [0.15, 0.2) is 23.9 Å². The van der Waals surface area contributed by atoms with Crippen molar-refractivity contribution in [3.63, 3.8) is 0 Å². The number of carbonyl (C=O) groups is 1. The lowest BCUT2D eigenvalue weighted by Crippen LogP contribution is -2.20. The molecule has 36 heavy (non-hydrogen) atoms. The number of hydrogen-bond acceptors (Lipinski definition) is 8. The van der Waals surface area contributed by atoms with Gasteiger partial charge in [0.25, 0.3) is 5.91 Å². The zero-order valence-corrected chi connectivity index (χ0v) is 20.3. The highest BCUT2D eigenvalue weighted by Gasteiger charge is 2.17. The van der Waals surface area contributed by atoms with E-state index in [0.29, 0.717) is 23.9 Å². The Kier molecular flexibility index (Phi) is 6.72. The minimum absolute atomic E-state index is 0.218. The lowest BCUT2D eigenvalue weighted by Gasteiger charge is -2.13. The van der Waals surface area contributed by atoms with E-state index in [2.05, 4.69) is 27.8 Å². The number of nitrogens with zero attached hydrogens (tertiary/aromatic N) is 3. The number of benzene rings is 2. The zero-order chi connectivity index (χ0) is 24.9. The zero-order valence-electron chi connectivity index (χ0n) is 19.5. The average molecular weight is 498 g/mol. The molecule has 0 saturated carbocycles. The van der Waals surface area contributed by atoms with Crippen molar-refractivity contribution in [3.8, 4) is 34.0 Å². The van der Waals surface area contributed by atoms with E-state index in [0.717, 1.165) is 38.3 Å². The second-order valence-electron chi connectivity index (χ2n) is 7.93. The predicted octanol–water partition coefficient (Wildman–Crippen LogP) is 4.91. The number of thiophene rings is 1. The first kappa shape index (κ1) is 23.3. The Balaban J connectivity index is 1.51. The van der Waals surface area contributed by atoms with Crippen LogP contribution in [0.4, 0.5) is 5.82 Å². The van der Waals surface area contributed by atoms with Crippen LogP contribution in [0.2, 0.25) is 0 Å². The number of rotatable bonds is 9. The van der Waals surface area contributed by atoms with E-state index in [1.807, 2.05) is 42.5 Å². The Morgan fingerprint density at radius 3 is 2.61 bits per heavy atom. The lowest BCUT2D eigenvalue weighted by molar-refractivity contribution is -0.119. The Morgan fingerprint density at radius 1 is 1.03 bits per heavy atom. The van der Waals surface area contributed by atoms with Crippen molar-refractivity contribution >= 4 is 33.3 Å². The Hall–Kier alpha value is -4.50. The molecule has 0 aliphatic heterocycles. The van der Waals surface area contributed by atoms with Crippen molar-refractivity contribution in [2.24, 2.45) is 5.73 Å². The molecule has 0 unspecified atom stereocenters. The normalized spacial score (nSPS) is 10.8. The molecule has 5 aromatic rings. The number of primary amides is 1. The molecular formula is C27H23N5O3S. The number of hydrogen-bond donors (Lipinski definition) is 2. The SMILES string of the molecule is COc1cc(CNc2nc(-c3cccnc3)nc3scc(-c4ccccc4)c23)ccc1OCC(N)=O. The van der Waals surface area contributed by atoms with Gasteiger partial charge in [-0.05, 0) is 35.4 Å². The van der Waals surface area contributed by atoms with Crippen LogP contribution in [0.5, 0.6) is 11.5 Å². The summed E-state index contributed by atoms with van der Waals surface area (Å²) < 4.78 is 10.9. The fourth-order valence-corrected chi connectivity index (χ4v) is 4.75. The molecule has 0 atom stereocenters. The van der Waals surface area contributed by atoms with Crippen molar-refractivity contribution in [2.75, 3.05) is 19.0 Å². The van der Waals surface area contributed by atoms with Crippen LogP contribution in [-0.2, 0) is 11.3 Å².